The molecular formula is C14H19Br3N2O2. The van der Waals surface area contributed by atoms with Crippen molar-refractivity contribution in [1.29, 1.82) is 0 Å². The number of hydrogen-bond donors (Lipinski definition) is 2. The highest BCUT2D eigenvalue weighted by molar-refractivity contribution is 9.11. The quantitative estimate of drug-likeness (QED) is 0.181. The highest BCUT2D eigenvalue weighted by Crippen LogP contribution is 2.36. The van der Waals surface area contributed by atoms with Crippen LogP contribution in [0.4, 0.5) is 0 Å². The Bertz CT molecular complexity index is 496. The second kappa shape index (κ2) is 8.39. The Morgan fingerprint density at radius 2 is 1.81 bits per heavy atom. The van der Waals surface area contributed by atoms with E-state index >= 15 is 0 Å². The van der Waals surface area contributed by atoms with Crippen LogP contribution in [0.1, 0.15) is 33.1 Å². The molecule has 0 atom stereocenters. The van der Waals surface area contributed by atoms with Gasteiger partial charge >= 0.3 is 0 Å². The molecule has 3 N–H and O–H groups in total. The Hall–Kier alpha value is -0.270. The molecule has 0 aliphatic rings. The molecule has 4 nitrogen and oxygen atoms in total. The first-order valence-corrected chi connectivity index (χ1v) is 8.91. The number of amidine groups is 1. The van der Waals surface area contributed by atoms with Crippen molar-refractivity contribution in [3.63, 3.8) is 0 Å². The molecule has 0 saturated carbocycles. The second-order valence-electron chi connectivity index (χ2n) is 5.37. The lowest BCUT2D eigenvalue weighted by Gasteiger charge is -2.22. The van der Waals surface area contributed by atoms with Crippen molar-refractivity contribution in [3.8, 4) is 5.75 Å². The SMILES string of the molecule is CC(C)(CCCCOc1c(Br)cc(Br)cc1Br)C(N)=NO. The second-order valence-corrected chi connectivity index (χ2v) is 8.00. The van der Waals surface area contributed by atoms with Gasteiger partial charge in [0.1, 0.15) is 11.6 Å². The van der Waals surface area contributed by atoms with Gasteiger partial charge in [-0.1, -0.05) is 34.9 Å². The van der Waals surface area contributed by atoms with Crippen LogP contribution < -0.4 is 10.5 Å². The standard InChI is InChI=1S/C14H19Br3N2O2/c1-14(2,13(18)19-20)5-3-4-6-21-12-10(16)7-9(15)8-11(12)17/h7-8,20H,3-6H2,1-2H3,(H2,18,19). The molecule has 1 aromatic carbocycles. The predicted octanol–water partition coefficient (Wildman–Crippen LogP) is 5.30. The minimum atomic E-state index is -0.298. The van der Waals surface area contributed by atoms with E-state index in [1.165, 1.54) is 0 Å². The summed E-state index contributed by atoms with van der Waals surface area (Å²) in [4.78, 5) is 0. The van der Waals surface area contributed by atoms with Crippen LogP contribution >= 0.6 is 47.8 Å². The number of ether oxygens (including phenoxy) is 1. The maximum Gasteiger partial charge on any atom is 0.147 e. The third-order valence-electron chi connectivity index (χ3n) is 3.21. The van der Waals surface area contributed by atoms with Crippen molar-refractivity contribution in [2.24, 2.45) is 16.3 Å². The zero-order valence-electron chi connectivity index (χ0n) is 12.0. The van der Waals surface area contributed by atoms with Crippen molar-refractivity contribution < 1.29 is 9.94 Å². The molecule has 0 heterocycles. The van der Waals surface area contributed by atoms with Crippen LogP contribution in [0.5, 0.6) is 5.75 Å². The van der Waals surface area contributed by atoms with Gasteiger partial charge in [-0.3, -0.25) is 0 Å². The minimum absolute atomic E-state index is 0.266. The topological polar surface area (TPSA) is 67.8 Å². The number of unbranched alkanes of at least 4 members (excludes halogenated alkanes) is 1. The lowest BCUT2D eigenvalue weighted by atomic mass is 9.86. The smallest absolute Gasteiger partial charge is 0.147 e. The maximum absolute atomic E-state index is 8.73. The van der Waals surface area contributed by atoms with Crippen LogP contribution in [0.3, 0.4) is 0 Å². The summed E-state index contributed by atoms with van der Waals surface area (Å²) in [7, 11) is 0. The molecule has 0 saturated heterocycles. The Balaban J connectivity index is 2.42. The summed E-state index contributed by atoms with van der Waals surface area (Å²) < 4.78 is 8.59. The van der Waals surface area contributed by atoms with Gasteiger partial charge in [-0.15, -0.1) is 0 Å². The normalized spacial score (nSPS) is 12.5. The number of halogens is 3. The van der Waals surface area contributed by atoms with Gasteiger partial charge in [0.25, 0.3) is 0 Å². The Labute approximate surface area is 150 Å². The number of benzene rings is 1. The van der Waals surface area contributed by atoms with Crippen LogP contribution in [0.25, 0.3) is 0 Å². The summed E-state index contributed by atoms with van der Waals surface area (Å²) >= 11 is 10.4. The molecule has 0 aliphatic heterocycles. The third-order valence-corrected chi connectivity index (χ3v) is 4.84. The molecule has 0 aromatic heterocycles. The molecule has 0 spiro atoms. The molecule has 0 aliphatic carbocycles. The lowest BCUT2D eigenvalue weighted by Crippen LogP contribution is -2.31. The zero-order valence-corrected chi connectivity index (χ0v) is 16.8. The minimum Gasteiger partial charge on any atom is -0.491 e. The van der Waals surface area contributed by atoms with E-state index in [-0.39, 0.29) is 11.3 Å². The Kier molecular flexibility index (Phi) is 7.50. The van der Waals surface area contributed by atoms with Crippen molar-refractivity contribution in [2.75, 3.05) is 6.61 Å². The molecule has 0 radical (unpaired) electrons. The summed E-state index contributed by atoms with van der Waals surface area (Å²) in [6, 6.07) is 3.89. The van der Waals surface area contributed by atoms with Crippen LogP contribution in [0, 0.1) is 5.41 Å². The van der Waals surface area contributed by atoms with E-state index in [4.69, 9.17) is 15.7 Å². The van der Waals surface area contributed by atoms with Crippen LogP contribution in [0.2, 0.25) is 0 Å². The van der Waals surface area contributed by atoms with E-state index in [0.29, 0.717) is 6.61 Å². The van der Waals surface area contributed by atoms with Crippen molar-refractivity contribution in [1.82, 2.24) is 0 Å². The summed E-state index contributed by atoms with van der Waals surface area (Å²) in [5.41, 5.74) is 5.36. The van der Waals surface area contributed by atoms with Crippen LogP contribution in [0.15, 0.2) is 30.7 Å². The molecule has 118 valence electrons. The first-order valence-electron chi connectivity index (χ1n) is 6.53. The van der Waals surface area contributed by atoms with E-state index in [0.717, 1.165) is 38.4 Å². The van der Waals surface area contributed by atoms with Crippen molar-refractivity contribution in [2.45, 2.75) is 33.1 Å². The first-order chi connectivity index (χ1) is 9.77. The van der Waals surface area contributed by atoms with Gasteiger partial charge in [0.2, 0.25) is 0 Å². The monoisotopic (exact) mass is 484 g/mol. The van der Waals surface area contributed by atoms with E-state index in [2.05, 4.69) is 52.9 Å². The molecule has 1 aromatic rings. The van der Waals surface area contributed by atoms with E-state index in [1.54, 1.807) is 0 Å². The van der Waals surface area contributed by atoms with Gasteiger partial charge in [-0.2, -0.15) is 0 Å². The molecule has 0 amide bonds. The Morgan fingerprint density at radius 1 is 1.24 bits per heavy atom. The largest absolute Gasteiger partial charge is 0.491 e. The molecule has 21 heavy (non-hydrogen) atoms. The molecule has 0 fully saturated rings. The van der Waals surface area contributed by atoms with Gasteiger partial charge in [0.05, 0.1) is 15.6 Å². The van der Waals surface area contributed by atoms with Crippen molar-refractivity contribution >= 4 is 53.6 Å². The summed E-state index contributed by atoms with van der Waals surface area (Å²) in [5, 5.41) is 11.8. The third kappa shape index (κ3) is 5.79. The molecule has 1 rings (SSSR count). The maximum atomic E-state index is 8.73. The molecule has 0 unspecified atom stereocenters. The number of nitrogens with zero attached hydrogens (tertiary/aromatic N) is 1. The van der Waals surface area contributed by atoms with Gasteiger partial charge in [0.15, 0.2) is 0 Å². The zero-order chi connectivity index (χ0) is 16.0. The van der Waals surface area contributed by atoms with Crippen molar-refractivity contribution in [3.05, 3.63) is 25.6 Å². The van der Waals surface area contributed by atoms with Gasteiger partial charge in [-0.25, -0.2) is 0 Å². The lowest BCUT2D eigenvalue weighted by molar-refractivity contribution is 0.286. The number of hydrogen-bond acceptors (Lipinski definition) is 3. The highest BCUT2D eigenvalue weighted by Gasteiger charge is 2.22. The van der Waals surface area contributed by atoms with E-state index < -0.39 is 0 Å². The van der Waals surface area contributed by atoms with Gasteiger partial charge < -0.3 is 15.7 Å². The molecular weight excluding hydrogens is 468 g/mol. The van der Waals surface area contributed by atoms with Gasteiger partial charge in [0, 0.05) is 9.89 Å². The summed E-state index contributed by atoms with van der Waals surface area (Å²) in [6.45, 7) is 4.54. The summed E-state index contributed by atoms with van der Waals surface area (Å²) in [5.74, 6) is 1.07. The fourth-order valence-electron chi connectivity index (χ4n) is 1.77. The fraction of sp³-hybridized carbons (Fsp3) is 0.500. The predicted molar refractivity (Wildman–Crippen MR) is 96.1 cm³/mol. The van der Waals surface area contributed by atoms with E-state index in [9.17, 15) is 0 Å². The highest BCUT2D eigenvalue weighted by atomic mass is 79.9. The van der Waals surface area contributed by atoms with Crippen LogP contribution in [-0.2, 0) is 0 Å². The summed E-state index contributed by atoms with van der Waals surface area (Å²) in [6.07, 6.45) is 2.68. The fourth-order valence-corrected chi connectivity index (χ4v) is 4.26. The van der Waals surface area contributed by atoms with E-state index in [1.807, 2.05) is 26.0 Å². The number of nitrogens with two attached hydrogens (primary N) is 1. The number of oxime groups is 1. The first kappa shape index (κ1) is 18.8. The van der Waals surface area contributed by atoms with Gasteiger partial charge in [-0.05, 0) is 63.3 Å². The average molecular weight is 487 g/mol. The Morgan fingerprint density at radius 3 is 2.33 bits per heavy atom. The average Bonchev–Trinajstić information content (AvgIpc) is 2.39. The molecule has 7 heteroatoms. The molecule has 0 bridgehead atoms. The van der Waals surface area contributed by atoms with Crippen LogP contribution in [-0.4, -0.2) is 17.6 Å². The number of rotatable bonds is 7.